The van der Waals surface area contributed by atoms with Crippen LogP contribution in [-0.4, -0.2) is 20.3 Å². The number of hydrogen-bond acceptors (Lipinski definition) is 7. The number of thioether (sulfide) groups is 1. The molecule has 132 valence electrons. The predicted molar refractivity (Wildman–Crippen MR) is 96.4 cm³/mol. The Bertz CT molecular complexity index is 833. The molecule has 3 aromatic rings. The maximum atomic E-state index is 5.77. The second-order valence-electron chi connectivity index (χ2n) is 6.86. The van der Waals surface area contributed by atoms with Crippen molar-refractivity contribution in [1.82, 2.24) is 20.3 Å². The summed E-state index contributed by atoms with van der Waals surface area (Å²) in [5.41, 5.74) is 2.29. The summed E-state index contributed by atoms with van der Waals surface area (Å²) >= 11 is 1.41. The maximum absolute atomic E-state index is 5.77. The summed E-state index contributed by atoms with van der Waals surface area (Å²) in [4.78, 5) is 4.33. The molecule has 1 aromatic carbocycles. The van der Waals surface area contributed by atoms with Gasteiger partial charge in [-0.3, -0.25) is 0 Å². The van der Waals surface area contributed by atoms with Crippen molar-refractivity contribution in [1.29, 1.82) is 0 Å². The van der Waals surface area contributed by atoms with E-state index in [1.54, 1.807) is 0 Å². The topological polar surface area (TPSA) is 77.8 Å². The highest BCUT2D eigenvalue weighted by Crippen LogP contribution is 2.34. The SMILES string of the molecule is CCc1noc(C(C)Sc2nnc(-c3ccc(C(C)(C)C)cc3)o2)n1. The summed E-state index contributed by atoms with van der Waals surface area (Å²) in [6.07, 6.45) is 0.746. The van der Waals surface area contributed by atoms with E-state index in [-0.39, 0.29) is 10.7 Å². The van der Waals surface area contributed by atoms with E-state index in [2.05, 4.69) is 53.2 Å². The van der Waals surface area contributed by atoms with E-state index >= 15 is 0 Å². The van der Waals surface area contributed by atoms with Gasteiger partial charge in [-0.2, -0.15) is 4.98 Å². The van der Waals surface area contributed by atoms with Crippen LogP contribution in [0.3, 0.4) is 0 Å². The van der Waals surface area contributed by atoms with Gasteiger partial charge in [-0.05, 0) is 30.0 Å². The van der Waals surface area contributed by atoms with Crippen LogP contribution in [0.15, 0.2) is 38.4 Å². The van der Waals surface area contributed by atoms with E-state index in [9.17, 15) is 0 Å². The molecule has 0 saturated heterocycles. The van der Waals surface area contributed by atoms with Crippen molar-refractivity contribution >= 4 is 11.8 Å². The third-order valence-electron chi connectivity index (χ3n) is 3.83. The first-order valence-corrected chi connectivity index (χ1v) is 9.18. The van der Waals surface area contributed by atoms with Gasteiger partial charge < -0.3 is 8.94 Å². The van der Waals surface area contributed by atoms with Crippen LogP contribution < -0.4 is 0 Å². The van der Waals surface area contributed by atoms with Crippen LogP contribution in [0, 0.1) is 0 Å². The van der Waals surface area contributed by atoms with Crippen molar-refractivity contribution in [2.75, 3.05) is 0 Å². The molecule has 2 aromatic heterocycles. The Kier molecular flexibility index (Phi) is 4.94. The quantitative estimate of drug-likeness (QED) is 0.604. The molecule has 1 atom stereocenters. The molecule has 0 radical (unpaired) electrons. The number of aromatic nitrogens is 4. The average Bonchev–Trinajstić information content (AvgIpc) is 3.23. The average molecular weight is 358 g/mol. The first-order valence-electron chi connectivity index (χ1n) is 8.30. The van der Waals surface area contributed by atoms with Gasteiger partial charge >= 0.3 is 0 Å². The molecule has 25 heavy (non-hydrogen) atoms. The zero-order valence-electron chi connectivity index (χ0n) is 15.1. The number of benzene rings is 1. The molecule has 0 bridgehead atoms. The van der Waals surface area contributed by atoms with Gasteiger partial charge in [0.15, 0.2) is 5.82 Å². The minimum absolute atomic E-state index is 0.0515. The molecule has 0 fully saturated rings. The minimum atomic E-state index is -0.0515. The Morgan fingerprint density at radius 3 is 2.44 bits per heavy atom. The van der Waals surface area contributed by atoms with E-state index in [1.165, 1.54) is 17.3 Å². The summed E-state index contributed by atoms with van der Waals surface area (Å²) in [7, 11) is 0. The van der Waals surface area contributed by atoms with Crippen LogP contribution in [0.25, 0.3) is 11.5 Å². The first kappa shape index (κ1) is 17.7. The van der Waals surface area contributed by atoms with Gasteiger partial charge in [0.1, 0.15) is 0 Å². The summed E-state index contributed by atoms with van der Waals surface area (Å²) < 4.78 is 11.0. The Morgan fingerprint density at radius 1 is 1.12 bits per heavy atom. The fraction of sp³-hybridized carbons (Fsp3) is 0.444. The Hall–Kier alpha value is -2.15. The smallest absolute Gasteiger partial charge is 0.277 e. The van der Waals surface area contributed by atoms with Gasteiger partial charge in [-0.15, -0.1) is 10.2 Å². The van der Waals surface area contributed by atoms with Crippen LogP contribution >= 0.6 is 11.8 Å². The van der Waals surface area contributed by atoms with Crippen molar-refractivity contribution in [3.63, 3.8) is 0 Å². The lowest BCUT2D eigenvalue weighted by molar-refractivity contribution is 0.374. The Balaban J connectivity index is 1.71. The van der Waals surface area contributed by atoms with Crippen LogP contribution in [0.4, 0.5) is 0 Å². The van der Waals surface area contributed by atoms with Crippen molar-refractivity contribution in [2.45, 2.75) is 56.9 Å². The van der Waals surface area contributed by atoms with Crippen molar-refractivity contribution < 1.29 is 8.94 Å². The molecule has 3 rings (SSSR count). The number of rotatable bonds is 5. The second kappa shape index (κ2) is 7.00. The lowest BCUT2D eigenvalue weighted by Crippen LogP contribution is -2.10. The largest absolute Gasteiger partial charge is 0.411 e. The third kappa shape index (κ3) is 4.10. The minimum Gasteiger partial charge on any atom is -0.411 e. The molecular weight excluding hydrogens is 336 g/mol. The van der Waals surface area contributed by atoms with Gasteiger partial charge in [0.2, 0.25) is 11.8 Å². The number of nitrogens with zero attached hydrogens (tertiary/aromatic N) is 4. The van der Waals surface area contributed by atoms with Crippen LogP contribution in [0.1, 0.15) is 57.1 Å². The highest BCUT2D eigenvalue weighted by Gasteiger charge is 2.19. The molecule has 0 aliphatic carbocycles. The molecule has 0 aliphatic heterocycles. The standard InChI is InChI=1S/C18H22N4O2S/c1-6-14-19-15(24-22-14)11(2)25-17-21-20-16(23-17)12-7-9-13(10-8-12)18(3,4)5/h7-11H,6H2,1-5H3. The summed E-state index contributed by atoms with van der Waals surface area (Å²) in [6, 6.07) is 8.22. The van der Waals surface area contributed by atoms with Gasteiger partial charge in [0, 0.05) is 12.0 Å². The van der Waals surface area contributed by atoms with Crippen LogP contribution in [-0.2, 0) is 11.8 Å². The van der Waals surface area contributed by atoms with Crippen molar-refractivity contribution in [2.24, 2.45) is 0 Å². The lowest BCUT2D eigenvalue weighted by Gasteiger charge is -2.18. The molecule has 2 heterocycles. The fourth-order valence-corrected chi connectivity index (χ4v) is 2.98. The summed E-state index contributed by atoms with van der Waals surface area (Å²) in [5, 5.41) is 12.6. The zero-order valence-corrected chi connectivity index (χ0v) is 15.9. The third-order valence-corrected chi connectivity index (χ3v) is 4.75. The van der Waals surface area contributed by atoms with Gasteiger partial charge in [0.05, 0.1) is 5.25 Å². The van der Waals surface area contributed by atoms with Gasteiger partial charge in [0.25, 0.3) is 5.22 Å². The van der Waals surface area contributed by atoms with E-state index in [0.29, 0.717) is 22.8 Å². The van der Waals surface area contributed by atoms with Crippen molar-refractivity contribution in [3.8, 4) is 11.5 Å². The molecule has 0 aliphatic rings. The summed E-state index contributed by atoms with van der Waals surface area (Å²) in [5.74, 6) is 1.78. The zero-order chi connectivity index (χ0) is 18.0. The molecule has 1 unspecified atom stereocenters. The highest BCUT2D eigenvalue weighted by atomic mass is 32.2. The molecule has 7 heteroatoms. The molecule has 0 N–H and O–H groups in total. The fourth-order valence-electron chi connectivity index (χ4n) is 2.26. The van der Waals surface area contributed by atoms with Gasteiger partial charge in [-0.25, -0.2) is 0 Å². The molecule has 0 spiro atoms. The normalized spacial score (nSPS) is 13.2. The molecule has 0 saturated carbocycles. The number of hydrogen-bond donors (Lipinski definition) is 0. The predicted octanol–water partition coefficient (Wildman–Crippen LogP) is 4.83. The first-order chi connectivity index (χ1) is 11.9. The highest BCUT2D eigenvalue weighted by molar-refractivity contribution is 7.99. The van der Waals surface area contributed by atoms with Crippen LogP contribution in [0.5, 0.6) is 0 Å². The van der Waals surface area contributed by atoms with E-state index in [1.807, 2.05) is 26.0 Å². The second-order valence-corrected chi connectivity index (χ2v) is 8.15. The Labute approximate surface area is 151 Å². The van der Waals surface area contributed by atoms with Crippen molar-refractivity contribution in [3.05, 3.63) is 41.5 Å². The molecule has 6 nitrogen and oxygen atoms in total. The van der Waals surface area contributed by atoms with E-state index < -0.39 is 0 Å². The Morgan fingerprint density at radius 2 is 1.84 bits per heavy atom. The molecule has 0 amide bonds. The van der Waals surface area contributed by atoms with Gasteiger partial charge in [-0.1, -0.05) is 56.7 Å². The number of aryl methyl sites for hydroxylation is 1. The lowest BCUT2D eigenvalue weighted by atomic mass is 9.87. The molecular formula is C18H22N4O2S. The van der Waals surface area contributed by atoms with Crippen LogP contribution in [0.2, 0.25) is 0 Å². The monoisotopic (exact) mass is 358 g/mol. The van der Waals surface area contributed by atoms with E-state index in [4.69, 9.17) is 8.94 Å². The van der Waals surface area contributed by atoms with E-state index in [0.717, 1.165) is 12.0 Å². The maximum Gasteiger partial charge on any atom is 0.277 e. The summed E-state index contributed by atoms with van der Waals surface area (Å²) in [6.45, 7) is 10.5.